The highest BCUT2D eigenvalue weighted by Crippen LogP contribution is 2.19. The van der Waals surface area contributed by atoms with Crippen molar-refractivity contribution in [1.82, 2.24) is 25.0 Å². The number of rotatable bonds is 5. The standard InChI is InChI=1S/C22H24N6O2/c29-21(26-19-7-2-1-3-8-19)18-6-4-12-27(16-18)22(30)24-15-17-9-11-23-20(14-17)28-13-5-10-25-28/h1-3,5,7-11,13-14,18H,4,6,12,15-16H2,(H,24,30)(H,26,29)/t18-/m1/s1. The third kappa shape index (κ3) is 4.83. The second-order valence-corrected chi connectivity index (χ2v) is 7.27. The summed E-state index contributed by atoms with van der Waals surface area (Å²) < 4.78 is 1.67. The lowest BCUT2D eigenvalue weighted by atomic mass is 9.97. The zero-order valence-corrected chi connectivity index (χ0v) is 16.6. The van der Waals surface area contributed by atoms with Crippen molar-refractivity contribution in [3.05, 3.63) is 72.7 Å². The quantitative estimate of drug-likeness (QED) is 0.684. The van der Waals surface area contributed by atoms with Gasteiger partial charge in [-0.05, 0) is 48.7 Å². The van der Waals surface area contributed by atoms with Gasteiger partial charge in [0.1, 0.15) is 0 Å². The molecule has 2 aromatic heterocycles. The van der Waals surface area contributed by atoms with Gasteiger partial charge in [-0.2, -0.15) is 5.10 Å². The number of aromatic nitrogens is 3. The summed E-state index contributed by atoms with van der Waals surface area (Å²) >= 11 is 0. The van der Waals surface area contributed by atoms with E-state index < -0.39 is 0 Å². The van der Waals surface area contributed by atoms with E-state index >= 15 is 0 Å². The summed E-state index contributed by atoms with van der Waals surface area (Å²) in [5.41, 5.74) is 1.70. The molecule has 0 aliphatic carbocycles. The second-order valence-electron chi connectivity index (χ2n) is 7.27. The third-order valence-corrected chi connectivity index (χ3v) is 5.11. The Bertz CT molecular complexity index is 990. The Morgan fingerprint density at radius 2 is 1.97 bits per heavy atom. The fourth-order valence-corrected chi connectivity index (χ4v) is 3.53. The largest absolute Gasteiger partial charge is 0.334 e. The fraction of sp³-hybridized carbons (Fsp3) is 0.273. The number of amides is 3. The number of piperidine rings is 1. The maximum Gasteiger partial charge on any atom is 0.317 e. The molecule has 30 heavy (non-hydrogen) atoms. The Morgan fingerprint density at radius 3 is 2.77 bits per heavy atom. The predicted octanol–water partition coefficient (Wildman–Crippen LogP) is 2.83. The number of pyridine rings is 1. The van der Waals surface area contributed by atoms with E-state index in [1.54, 1.807) is 22.0 Å². The Labute approximate surface area is 174 Å². The number of carbonyl (C=O) groups is 2. The van der Waals surface area contributed by atoms with Gasteiger partial charge in [0.2, 0.25) is 5.91 Å². The zero-order valence-electron chi connectivity index (χ0n) is 16.6. The first-order chi connectivity index (χ1) is 14.7. The van der Waals surface area contributed by atoms with Crippen molar-refractivity contribution in [2.24, 2.45) is 5.92 Å². The topological polar surface area (TPSA) is 92.2 Å². The maximum absolute atomic E-state index is 12.7. The van der Waals surface area contributed by atoms with Crippen molar-refractivity contribution < 1.29 is 9.59 Å². The molecule has 3 amide bonds. The number of carbonyl (C=O) groups excluding carboxylic acids is 2. The minimum atomic E-state index is -0.211. The van der Waals surface area contributed by atoms with Crippen LogP contribution in [-0.2, 0) is 11.3 Å². The van der Waals surface area contributed by atoms with E-state index in [0.29, 0.717) is 25.5 Å². The maximum atomic E-state index is 12.7. The van der Waals surface area contributed by atoms with Crippen LogP contribution < -0.4 is 10.6 Å². The molecule has 0 spiro atoms. The Hall–Kier alpha value is -3.68. The molecule has 0 unspecified atom stereocenters. The van der Waals surface area contributed by atoms with Crippen molar-refractivity contribution in [2.45, 2.75) is 19.4 Å². The lowest BCUT2D eigenvalue weighted by Crippen LogP contribution is -2.47. The molecular weight excluding hydrogens is 380 g/mol. The highest BCUT2D eigenvalue weighted by molar-refractivity contribution is 5.93. The molecule has 0 radical (unpaired) electrons. The van der Waals surface area contributed by atoms with Gasteiger partial charge in [0.05, 0.1) is 5.92 Å². The number of nitrogens with zero attached hydrogens (tertiary/aromatic N) is 4. The normalized spacial score (nSPS) is 16.1. The molecule has 4 rings (SSSR count). The lowest BCUT2D eigenvalue weighted by Gasteiger charge is -2.32. The summed E-state index contributed by atoms with van der Waals surface area (Å²) in [6.07, 6.45) is 6.79. The zero-order chi connectivity index (χ0) is 20.8. The minimum Gasteiger partial charge on any atom is -0.334 e. The van der Waals surface area contributed by atoms with Crippen LogP contribution in [0.1, 0.15) is 18.4 Å². The van der Waals surface area contributed by atoms with Crippen LogP contribution in [0.5, 0.6) is 0 Å². The Balaban J connectivity index is 1.31. The molecule has 0 bridgehead atoms. The van der Waals surface area contributed by atoms with Crippen LogP contribution in [0.15, 0.2) is 67.1 Å². The average Bonchev–Trinajstić information content (AvgIpc) is 3.33. The van der Waals surface area contributed by atoms with Crippen LogP contribution in [0.2, 0.25) is 0 Å². The van der Waals surface area contributed by atoms with E-state index in [9.17, 15) is 9.59 Å². The van der Waals surface area contributed by atoms with Crippen molar-refractivity contribution >= 4 is 17.6 Å². The van der Waals surface area contributed by atoms with Gasteiger partial charge in [-0.25, -0.2) is 14.5 Å². The Morgan fingerprint density at radius 1 is 1.10 bits per heavy atom. The summed E-state index contributed by atoms with van der Waals surface area (Å²) in [5, 5.41) is 10.1. The first-order valence-electron chi connectivity index (χ1n) is 10.0. The summed E-state index contributed by atoms with van der Waals surface area (Å²) in [7, 11) is 0. The van der Waals surface area contributed by atoms with E-state index in [4.69, 9.17) is 0 Å². The first-order valence-corrected chi connectivity index (χ1v) is 10.0. The van der Waals surface area contributed by atoms with Gasteiger partial charge in [0, 0.05) is 43.9 Å². The van der Waals surface area contributed by atoms with Gasteiger partial charge in [0.15, 0.2) is 5.82 Å². The monoisotopic (exact) mass is 404 g/mol. The van der Waals surface area contributed by atoms with Crippen LogP contribution in [0.3, 0.4) is 0 Å². The smallest absolute Gasteiger partial charge is 0.317 e. The third-order valence-electron chi connectivity index (χ3n) is 5.11. The molecule has 1 aliphatic heterocycles. The SMILES string of the molecule is O=C(Nc1ccccc1)[C@@H]1CCCN(C(=O)NCc2ccnc(-n3cccn3)c2)C1. The molecule has 1 saturated heterocycles. The van der Waals surface area contributed by atoms with Crippen molar-refractivity contribution in [2.75, 3.05) is 18.4 Å². The molecule has 3 aromatic rings. The van der Waals surface area contributed by atoms with Gasteiger partial charge in [-0.3, -0.25) is 4.79 Å². The fourth-order valence-electron chi connectivity index (χ4n) is 3.53. The summed E-state index contributed by atoms with van der Waals surface area (Å²) in [4.78, 5) is 31.3. The first kappa shape index (κ1) is 19.6. The number of para-hydroxylation sites is 1. The summed E-state index contributed by atoms with van der Waals surface area (Å²) in [5.74, 6) is 0.441. The van der Waals surface area contributed by atoms with Crippen LogP contribution >= 0.6 is 0 Å². The summed E-state index contributed by atoms with van der Waals surface area (Å²) in [6.45, 7) is 1.45. The van der Waals surface area contributed by atoms with Crippen molar-refractivity contribution in [3.8, 4) is 5.82 Å². The highest BCUT2D eigenvalue weighted by atomic mass is 16.2. The van der Waals surface area contributed by atoms with E-state index in [-0.39, 0.29) is 17.9 Å². The second kappa shape index (κ2) is 9.21. The van der Waals surface area contributed by atoms with Crippen LogP contribution in [0, 0.1) is 5.92 Å². The van der Waals surface area contributed by atoms with Crippen LogP contribution in [0.25, 0.3) is 5.82 Å². The van der Waals surface area contributed by atoms with Crippen molar-refractivity contribution in [3.63, 3.8) is 0 Å². The van der Waals surface area contributed by atoms with Gasteiger partial charge >= 0.3 is 6.03 Å². The number of hydrogen-bond donors (Lipinski definition) is 2. The van der Waals surface area contributed by atoms with Crippen LogP contribution in [-0.4, -0.2) is 44.7 Å². The number of urea groups is 1. The van der Waals surface area contributed by atoms with Gasteiger partial charge in [-0.15, -0.1) is 0 Å². The predicted molar refractivity (Wildman–Crippen MR) is 113 cm³/mol. The number of anilines is 1. The highest BCUT2D eigenvalue weighted by Gasteiger charge is 2.28. The number of hydrogen-bond acceptors (Lipinski definition) is 4. The van der Waals surface area contributed by atoms with Gasteiger partial charge < -0.3 is 15.5 Å². The van der Waals surface area contributed by atoms with E-state index in [1.165, 1.54) is 0 Å². The lowest BCUT2D eigenvalue weighted by molar-refractivity contribution is -0.121. The molecule has 1 aliphatic rings. The molecule has 1 atom stereocenters. The molecule has 3 heterocycles. The molecule has 2 N–H and O–H groups in total. The molecule has 8 heteroatoms. The summed E-state index contributed by atoms with van der Waals surface area (Å²) in [6, 6.07) is 14.8. The van der Waals surface area contributed by atoms with E-state index in [0.717, 1.165) is 24.1 Å². The van der Waals surface area contributed by atoms with E-state index in [1.807, 2.05) is 54.7 Å². The molecule has 8 nitrogen and oxygen atoms in total. The van der Waals surface area contributed by atoms with Crippen LogP contribution in [0.4, 0.5) is 10.5 Å². The average molecular weight is 404 g/mol. The molecule has 0 saturated carbocycles. The number of likely N-dealkylation sites (tertiary alicyclic amines) is 1. The number of nitrogens with one attached hydrogen (secondary N) is 2. The molecule has 1 aromatic carbocycles. The Kier molecular flexibility index (Phi) is 6.03. The van der Waals surface area contributed by atoms with E-state index in [2.05, 4.69) is 20.7 Å². The minimum absolute atomic E-state index is 0.0447. The van der Waals surface area contributed by atoms with Gasteiger partial charge in [-0.1, -0.05) is 18.2 Å². The van der Waals surface area contributed by atoms with Crippen molar-refractivity contribution in [1.29, 1.82) is 0 Å². The van der Waals surface area contributed by atoms with Gasteiger partial charge in [0.25, 0.3) is 0 Å². The molecule has 1 fully saturated rings. The molecular formula is C22H24N6O2. The number of benzene rings is 1. The molecule has 154 valence electrons.